The Morgan fingerprint density at radius 2 is 1.88 bits per heavy atom. The standard InChI is InChI=1S/C18H29N3O4/c1-5-19-18(21-12-14-7-6-8-25-14)20-11-13-9-15(22-2)17(24-4)16(10-13)23-3/h9-10,14H,5-8,11-12H2,1-4H3,(H2,19,20,21). The van der Waals surface area contributed by atoms with Crippen LogP contribution in [-0.4, -0.2) is 53.1 Å². The Labute approximate surface area is 149 Å². The van der Waals surface area contributed by atoms with Crippen LogP contribution in [0.2, 0.25) is 0 Å². The first-order chi connectivity index (χ1) is 12.2. The van der Waals surface area contributed by atoms with Gasteiger partial charge < -0.3 is 29.6 Å². The van der Waals surface area contributed by atoms with Crippen molar-refractivity contribution in [2.24, 2.45) is 4.99 Å². The Balaban J connectivity index is 2.07. The van der Waals surface area contributed by atoms with Crippen molar-refractivity contribution >= 4 is 5.96 Å². The van der Waals surface area contributed by atoms with Crippen molar-refractivity contribution in [3.63, 3.8) is 0 Å². The highest BCUT2D eigenvalue weighted by atomic mass is 16.5. The monoisotopic (exact) mass is 351 g/mol. The molecule has 0 aromatic heterocycles. The molecule has 0 aliphatic carbocycles. The zero-order valence-corrected chi connectivity index (χ0v) is 15.6. The van der Waals surface area contributed by atoms with E-state index in [0.29, 0.717) is 23.8 Å². The number of nitrogens with one attached hydrogen (secondary N) is 2. The van der Waals surface area contributed by atoms with Gasteiger partial charge >= 0.3 is 0 Å². The van der Waals surface area contributed by atoms with Crippen molar-refractivity contribution in [1.29, 1.82) is 0 Å². The maximum atomic E-state index is 5.64. The summed E-state index contributed by atoms with van der Waals surface area (Å²) < 4.78 is 21.8. The summed E-state index contributed by atoms with van der Waals surface area (Å²) in [5.41, 5.74) is 0.976. The third-order valence-corrected chi connectivity index (χ3v) is 4.01. The molecule has 1 aromatic carbocycles. The number of methoxy groups -OCH3 is 3. The van der Waals surface area contributed by atoms with Crippen molar-refractivity contribution in [2.45, 2.75) is 32.4 Å². The van der Waals surface area contributed by atoms with E-state index in [0.717, 1.165) is 44.1 Å². The van der Waals surface area contributed by atoms with Gasteiger partial charge in [0.05, 0.1) is 34.0 Å². The number of benzene rings is 1. The highest BCUT2D eigenvalue weighted by Gasteiger charge is 2.16. The molecule has 0 saturated carbocycles. The van der Waals surface area contributed by atoms with Gasteiger partial charge in [0.25, 0.3) is 0 Å². The van der Waals surface area contributed by atoms with E-state index < -0.39 is 0 Å². The van der Waals surface area contributed by atoms with E-state index in [4.69, 9.17) is 18.9 Å². The SMILES string of the molecule is CCNC(=NCc1cc(OC)c(OC)c(OC)c1)NCC1CCCO1. The van der Waals surface area contributed by atoms with Crippen molar-refractivity contribution in [3.8, 4) is 17.2 Å². The Kier molecular flexibility index (Phi) is 7.66. The molecule has 0 amide bonds. The predicted octanol–water partition coefficient (Wildman–Crippen LogP) is 1.95. The fourth-order valence-electron chi connectivity index (χ4n) is 2.75. The van der Waals surface area contributed by atoms with Gasteiger partial charge in [-0.1, -0.05) is 0 Å². The minimum Gasteiger partial charge on any atom is -0.493 e. The molecule has 0 spiro atoms. The first kappa shape index (κ1) is 19.2. The van der Waals surface area contributed by atoms with Gasteiger partial charge in [-0.2, -0.15) is 0 Å². The van der Waals surface area contributed by atoms with Crippen molar-refractivity contribution in [1.82, 2.24) is 10.6 Å². The van der Waals surface area contributed by atoms with E-state index in [1.165, 1.54) is 0 Å². The lowest BCUT2D eigenvalue weighted by atomic mass is 10.2. The maximum Gasteiger partial charge on any atom is 0.203 e. The van der Waals surface area contributed by atoms with E-state index in [9.17, 15) is 0 Å². The van der Waals surface area contributed by atoms with E-state index in [1.54, 1.807) is 21.3 Å². The quantitative estimate of drug-likeness (QED) is 0.551. The average Bonchev–Trinajstić information content (AvgIpc) is 3.16. The summed E-state index contributed by atoms with van der Waals surface area (Å²) in [5, 5.41) is 6.59. The molecule has 1 aliphatic rings. The van der Waals surface area contributed by atoms with Crippen LogP contribution in [0.25, 0.3) is 0 Å². The largest absolute Gasteiger partial charge is 0.493 e. The number of nitrogens with zero attached hydrogens (tertiary/aromatic N) is 1. The number of aliphatic imine (C=N–C) groups is 1. The molecule has 2 N–H and O–H groups in total. The lowest BCUT2D eigenvalue weighted by molar-refractivity contribution is 0.114. The second kappa shape index (κ2) is 9.98. The molecule has 7 heteroatoms. The molecule has 7 nitrogen and oxygen atoms in total. The van der Waals surface area contributed by atoms with Crippen LogP contribution in [0.5, 0.6) is 17.2 Å². The number of ether oxygens (including phenoxy) is 4. The second-order valence-electron chi connectivity index (χ2n) is 5.74. The van der Waals surface area contributed by atoms with Gasteiger partial charge in [0.15, 0.2) is 17.5 Å². The van der Waals surface area contributed by atoms with Crippen molar-refractivity contribution < 1.29 is 18.9 Å². The number of rotatable bonds is 8. The number of hydrogen-bond acceptors (Lipinski definition) is 5. The minimum absolute atomic E-state index is 0.269. The van der Waals surface area contributed by atoms with E-state index >= 15 is 0 Å². The van der Waals surface area contributed by atoms with Crippen LogP contribution in [0, 0.1) is 0 Å². The van der Waals surface area contributed by atoms with Crippen molar-refractivity contribution in [2.75, 3.05) is 41.0 Å². The first-order valence-corrected chi connectivity index (χ1v) is 8.64. The van der Waals surface area contributed by atoms with Gasteiger partial charge in [-0.3, -0.25) is 0 Å². The van der Waals surface area contributed by atoms with Crippen LogP contribution in [0.15, 0.2) is 17.1 Å². The zero-order chi connectivity index (χ0) is 18.1. The molecular weight excluding hydrogens is 322 g/mol. The Morgan fingerprint density at radius 1 is 1.16 bits per heavy atom. The normalized spacial score (nSPS) is 17.3. The van der Waals surface area contributed by atoms with Crippen LogP contribution in [0.3, 0.4) is 0 Å². The molecule has 1 saturated heterocycles. The average molecular weight is 351 g/mol. The molecule has 1 atom stereocenters. The van der Waals surface area contributed by atoms with E-state index in [1.807, 2.05) is 19.1 Å². The molecule has 25 heavy (non-hydrogen) atoms. The molecule has 0 bridgehead atoms. The topological polar surface area (TPSA) is 73.3 Å². The molecule has 1 heterocycles. The highest BCUT2D eigenvalue weighted by Crippen LogP contribution is 2.38. The Morgan fingerprint density at radius 3 is 2.40 bits per heavy atom. The zero-order valence-electron chi connectivity index (χ0n) is 15.6. The van der Waals surface area contributed by atoms with Crippen LogP contribution < -0.4 is 24.8 Å². The highest BCUT2D eigenvalue weighted by molar-refractivity contribution is 5.79. The minimum atomic E-state index is 0.269. The molecule has 0 radical (unpaired) electrons. The summed E-state index contributed by atoms with van der Waals surface area (Å²) >= 11 is 0. The van der Waals surface area contributed by atoms with Crippen LogP contribution >= 0.6 is 0 Å². The number of hydrogen-bond donors (Lipinski definition) is 2. The Hall–Kier alpha value is -2.15. The third-order valence-electron chi connectivity index (χ3n) is 4.01. The fourth-order valence-corrected chi connectivity index (χ4v) is 2.75. The summed E-state index contributed by atoms with van der Waals surface area (Å²) in [6.07, 6.45) is 2.50. The maximum absolute atomic E-state index is 5.64. The molecule has 1 aliphatic heterocycles. The van der Waals surface area contributed by atoms with Gasteiger partial charge in [0, 0.05) is 19.7 Å². The van der Waals surface area contributed by atoms with Crippen LogP contribution in [0.1, 0.15) is 25.3 Å². The second-order valence-corrected chi connectivity index (χ2v) is 5.74. The van der Waals surface area contributed by atoms with Gasteiger partial charge in [0.2, 0.25) is 5.75 Å². The van der Waals surface area contributed by atoms with Crippen molar-refractivity contribution in [3.05, 3.63) is 17.7 Å². The molecule has 1 aromatic rings. The lowest BCUT2D eigenvalue weighted by Crippen LogP contribution is -2.41. The third kappa shape index (κ3) is 5.42. The molecule has 1 fully saturated rings. The summed E-state index contributed by atoms with van der Waals surface area (Å²) in [6.45, 7) is 4.96. The molecule has 1 unspecified atom stereocenters. The Bertz CT molecular complexity index is 546. The van der Waals surface area contributed by atoms with Crippen LogP contribution in [0.4, 0.5) is 0 Å². The summed E-state index contributed by atoms with van der Waals surface area (Å²) in [6, 6.07) is 3.82. The van der Waals surface area contributed by atoms with Gasteiger partial charge in [-0.25, -0.2) is 4.99 Å². The summed E-state index contributed by atoms with van der Waals surface area (Å²) in [7, 11) is 4.81. The van der Waals surface area contributed by atoms with Gasteiger partial charge in [-0.15, -0.1) is 0 Å². The van der Waals surface area contributed by atoms with Gasteiger partial charge in [-0.05, 0) is 37.5 Å². The predicted molar refractivity (Wildman–Crippen MR) is 97.9 cm³/mol. The smallest absolute Gasteiger partial charge is 0.203 e. The molecule has 2 rings (SSSR count). The summed E-state index contributed by atoms with van der Waals surface area (Å²) in [4.78, 5) is 4.64. The molecular formula is C18H29N3O4. The van der Waals surface area contributed by atoms with Crippen LogP contribution in [-0.2, 0) is 11.3 Å². The molecule has 140 valence electrons. The first-order valence-electron chi connectivity index (χ1n) is 8.64. The lowest BCUT2D eigenvalue weighted by Gasteiger charge is -2.16. The summed E-state index contributed by atoms with van der Waals surface area (Å²) in [5.74, 6) is 2.61. The van der Waals surface area contributed by atoms with E-state index in [2.05, 4.69) is 15.6 Å². The fraction of sp³-hybridized carbons (Fsp3) is 0.611. The number of guanidine groups is 1. The van der Waals surface area contributed by atoms with E-state index in [-0.39, 0.29) is 6.10 Å². The van der Waals surface area contributed by atoms with Gasteiger partial charge in [0.1, 0.15) is 0 Å².